The van der Waals surface area contributed by atoms with Crippen molar-refractivity contribution >= 4 is 0 Å². The van der Waals surface area contributed by atoms with Crippen LogP contribution in [0.25, 0.3) is 0 Å². The molecular weight excluding hydrogens is 186 g/mol. The summed E-state index contributed by atoms with van der Waals surface area (Å²) in [7, 11) is 0. The third-order valence-electron chi connectivity index (χ3n) is 3.11. The minimum Gasteiger partial charge on any atom is -0.295 e. The number of hydrogen-bond acceptors (Lipinski definition) is 2. The zero-order chi connectivity index (χ0) is 11.1. The molecule has 0 saturated heterocycles. The first-order valence-electron chi connectivity index (χ1n) is 5.73. The highest BCUT2D eigenvalue weighted by Crippen LogP contribution is 2.26. The molecular formula is C12H21N3. The van der Waals surface area contributed by atoms with Gasteiger partial charge in [-0.3, -0.25) is 9.58 Å². The quantitative estimate of drug-likeness (QED) is 0.703. The van der Waals surface area contributed by atoms with Crippen LogP contribution in [0.1, 0.15) is 33.4 Å². The molecule has 15 heavy (non-hydrogen) atoms. The molecule has 84 valence electrons. The average Bonchev–Trinajstić information content (AvgIpc) is 2.45. The number of rotatable bonds is 1. The van der Waals surface area contributed by atoms with E-state index in [4.69, 9.17) is 0 Å². The third-order valence-corrected chi connectivity index (χ3v) is 3.11. The molecule has 0 bridgehead atoms. The van der Waals surface area contributed by atoms with Gasteiger partial charge in [0.2, 0.25) is 0 Å². The first-order valence-corrected chi connectivity index (χ1v) is 5.73. The van der Waals surface area contributed by atoms with E-state index in [1.807, 2.05) is 6.20 Å². The Morgan fingerprint density at radius 2 is 2.07 bits per heavy atom. The van der Waals surface area contributed by atoms with Gasteiger partial charge in [0.05, 0.1) is 5.69 Å². The number of hydrogen-bond donors (Lipinski definition) is 0. The summed E-state index contributed by atoms with van der Waals surface area (Å²) in [4.78, 5) is 2.53. The summed E-state index contributed by atoms with van der Waals surface area (Å²) >= 11 is 0. The van der Waals surface area contributed by atoms with Gasteiger partial charge in [0.15, 0.2) is 0 Å². The van der Waals surface area contributed by atoms with Crippen molar-refractivity contribution in [2.24, 2.45) is 5.41 Å². The van der Waals surface area contributed by atoms with Crippen LogP contribution in [0.4, 0.5) is 0 Å². The van der Waals surface area contributed by atoms with Gasteiger partial charge in [-0.1, -0.05) is 13.8 Å². The number of aromatic nitrogens is 2. The van der Waals surface area contributed by atoms with Crippen LogP contribution >= 0.6 is 0 Å². The minimum absolute atomic E-state index is 0.307. The van der Waals surface area contributed by atoms with Gasteiger partial charge in [-0.2, -0.15) is 5.10 Å². The summed E-state index contributed by atoms with van der Waals surface area (Å²) in [6.07, 6.45) is 1.91. The van der Waals surface area contributed by atoms with Crippen LogP contribution in [-0.4, -0.2) is 27.3 Å². The summed E-state index contributed by atoms with van der Waals surface area (Å²) in [6, 6.07) is 2.74. The lowest BCUT2D eigenvalue weighted by Crippen LogP contribution is -2.37. The van der Waals surface area contributed by atoms with E-state index in [0.717, 1.165) is 19.6 Å². The number of fused-ring (bicyclic) bond motifs is 1. The third kappa shape index (κ3) is 2.23. The summed E-state index contributed by atoms with van der Waals surface area (Å²) in [5.41, 5.74) is 1.65. The van der Waals surface area contributed by atoms with Crippen molar-refractivity contribution < 1.29 is 0 Å². The molecule has 0 unspecified atom stereocenters. The highest BCUT2D eigenvalue weighted by atomic mass is 15.3. The van der Waals surface area contributed by atoms with E-state index in [0.29, 0.717) is 11.5 Å². The fourth-order valence-corrected chi connectivity index (χ4v) is 2.27. The number of nitrogens with zero attached hydrogens (tertiary/aromatic N) is 3. The molecule has 2 heterocycles. The van der Waals surface area contributed by atoms with Crippen LogP contribution in [0.3, 0.4) is 0 Å². The molecule has 1 aliphatic heterocycles. The molecule has 1 aromatic rings. The first-order chi connectivity index (χ1) is 6.98. The van der Waals surface area contributed by atoms with Crippen molar-refractivity contribution in [3.05, 3.63) is 18.0 Å². The van der Waals surface area contributed by atoms with Gasteiger partial charge >= 0.3 is 0 Å². The zero-order valence-electron chi connectivity index (χ0n) is 10.2. The molecule has 0 saturated carbocycles. The molecule has 0 aliphatic carbocycles. The van der Waals surface area contributed by atoms with Crippen molar-refractivity contribution in [3.8, 4) is 0 Å². The maximum atomic E-state index is 4.40. The highest BCUT2D eigenvalue weighted by Gasteiger charge is 2.28. The SMILES string of the molecule is CC(C)N1Cc2ccnn2CC(C)(C)C1. The molecule has 3 heteroatoms. The van der Waals surface area contributed by atoms with E-state index in [1.54, 1.807) is 0 Å². The predicted octanol–water partition coefficient (Wildman–Crippen LogP) is 2.13. The van der Waals surface area contributed by atoms with E-state index in [9.17, 15) is 0 Å². The zero-order valence-corrected chi connectivity index (χ0v) is 10.2. The van der Waals surface area contributed by atoms with E-state index in [2.05, 4.69) is 48.4 Å². The van der Waals surface area contributed by atoms with E-state index >= 15 is 0 Å². The molecule has 1 aliphatic rings. The van der Waals surface area contributed by atoms with Gasteiger partial charge < -0.3 is 0 Å². The lowest BCUT2D eigenvalue weighted by atomic mass is 9.93. The average molecular weight is 207 g/mol. The molecule has 0 spiro atoms. The van der Waals surface area contributed by atoms with Crippen molar-refractivity contribution in [1.82, 2.24) is 14.7 Å². The van der Waals surface area contributed by atoms with Crippen LogP contribution in [0.5, 0.6) is 0 Å². The maximum Gasteiger partial charge on any atom is 0.0524 e. The van der Waals surface area contributed by atoms with Gasteiger partial charge in [0.1, 0.15) is 0 Å². The summed E-state index contributed by atoms with van der Waals surface area (Å²) in [5.74, 6) is 0. The highest BCUT2D eigenvalue weighted by molar-refractivity contribution is 5.03. The maximum absolute atomic E-state index is 4.40. The van der Waals surface area contributed by atoms with Gasteiger partial charge in [-0.05, 0) is 25.3 Å². The van der Waals surface area contributed by atoms with Crippen molar-refractivity contribution in [3.63, 3.8) is 0 Å². The first kappa shape index (κ1) is 10.7. The van der Waals surface area contributed by atoms with Crippen LogP contribution in [-0.2, 0) is 13.1 Å². The van der Waals surface area contributed by atoms with Gasteiger partial charge in [-0.15, -0.1) is 0 Å². The second kappa shape index (κ2) is 3.63. The van der Waals surface area contributed by atoms with Crippen LogP contribution in [0, 0.1) is 5.41 Å². The van der Waals surface area contributed by atoms with Crippen LogP contribution < -0.4 is 0 Å². The van der Waals surface area contributed by atoms with Gasteiger partial charge in [0.25, 0.3) is 0 Å². The normalized spacial score (nSPS) is 21.4. The fourth-order valence-electron chi connectivity index (χ4n) is 2.27. The smallest absolute Gasteiger partial charge is 0.0524 e. The topological polar surface area (TPSA) is 21.1 Å². The largest absolute Gasteiger partial charge is 0.295 e. The molecule has 1 aromatic heterocycles. The monoisotopic (exact) mass is 207 g/mol. The second-order valence-electron chi connectivity index (χ2n) is 5.64. The lowest BCUT2D eigenvalue weighted by molar-refractivity contribution is 0.141. The van der Waals surface area contributed by atoms with Gasteiger partial charge in [-0.25, -0.2) is 0 Å². The minimum atomic E-state index is 0.307. The molecule has 2 rings (SSSR count). The molecule has 0 radical (unpaired) electrons. The summed E-state index contributed by atoms with van der Waals surface area (Å²) < 4.78 is 2.16. The van der Waals surface area contributed by atoms with Crippen LogP contribution in [0.15, 0.2) is 12.3 Å². The van der Waals surface area contributed by atoms with E-state index in [-0.39, 0.29) is 0 Å². The Labute approximate surface area is 92.1 Å². The van der Waals surface area contributed by atoms with Crippen molar-refractivity contribution in [2.45, 2.75) is 46.8 Å². The molecule has 0 aromatic carbocycles. The Morgan fingerprint density at radius 3 is 2.73 bits per heavy atom. The van der Waals surface area contributed by atoms with E-state index < -0.39 is 0 Å². The Balaban J connectivity index is 2.30. The second-order valence-corrected chi connectivity index (χ2v) is 5.64. The standard InChI is InChI=1S/C12H21N3/c1-10(2)14-7-11-5-6-13-15(11)9-12(3,4)8-14/h5-6,10H,7-9H2,1-4H3. The Hall–Kier alpha value is -0.830. The molecule has 3 nitrogen and oxygen atoms in total. The fraction of sp³-hybridized carbons (Fsp3) is 0.750. The Morgan fingerprint density at radius 1 is 1.33 bits per heavy atom. The van der Waals surface area contributed by atoms with E-state index in [1.165, 1.54) is 5.69 Å². The predicted molar refractivity (Wildman–Crippen MR) is 61.6 cm³/mol. The lowest BCUT2D eigenvalue weighted by Gasteiger charge is -2.31. The van der Waals surface area contributed by atoms with Crippen LogP contribution in [0.2, 0.25) is 0 Å². The van der Waals surface area contributed by atoms with Crippen molar-refractivity contribution in [1.29, 1.82) is 0 Å². The molecule has 0 N–H and O–H groups in total. The Kier molecular flexibility index (Phi) is 2.59. The summed E-state index contributed by atoms with van der Waals surface area (Å²) in [5, 5.41) is 4.40. The molecule has 0 amide bonds. The molecule has 0 fully saturated rings. The van der Waals surface area contributed by atoms with Crippen molar-refractivity contribution in [2.75, 3.05) is 6.54 Å². The molecule has 0 atom stereocenters. The Bertz CT molecular complexity index is 338. The summed E-state index contributed by atoms with van der Waals surface area (Å²) in [6.45, 7) is 12.4. The van der Waals surface area contributed by atoms with Gasteiger partial charge in [0, 0.05) is 31.9 Å².